The Labute approximate surface area is 172 Å². The molecule has 0 amide bonds. The minimum Gasteiger partial charge on any atom is -0.501 e. The molecule has 0 N–H and O–H groups in total. The van der Waals surface area contributed by atoms with Crippen LogP contribution in [0.4, 0.5) is 0 Å². The van der Waals surface area contributed by atoms with E-state index in [1.54, 1.807) is 13.3 Å². The lowest BCUT2D eigenvalue weighted by Gasteiger charge is -2.19. The van der Waals surface area contributed by atoms with Crippen LogP contribution in [0.3, 0.4) is 0 Å². The van der Waals surface area contributed by atoms with E-state index in [9.17, 15) is 4.79 Å². The molecule has 1 atom stereocenters. The second-order valence-electron chi connectivity index (χ2n) is 7.57. The van der Waals surface area contributed by atoms with Gasteiger partial charge in [0.15, 0.2) is 0 Å². The molecule has 152 valence electrons. The Kier molecular flexibility index (Phi) is 6.53. The van der Waals surface area contributed by atoms with Gasteiger partial charge in [-0.1, -0.05) is 43.7 Å². The molecule has 0 saturated carbocycles. The summed E-state index contributed by atoms with van der Waals surface area (Å²) in [5.74, 6) is 1.02. The van der Waals surface area contributed by atoms with E-state index in [2.05, 4.69) is 50.0 Å². The number of ether oxygens (including phenoxy) is 2. The number of hydrogen-bond acceptors (Lipinski definition) is 4. The van der Waals surface area contributed by atoms with Gasteiger partial charge in [-0.2, -0.15) is 0 Å². The van der Waals surface area contributed by atoms with Crippen molar-refractivity contribution in [3.8, 4) is 0 Å². The fraction of sp³-hybridized carbons (Fsp3) is 0.360. The number of nitrogens with zero attached hydrogens (tertiary/aromatic N) is 1. The average Bonchev–Trinajstić information content (AvgIpc) is 2.73. The monoisotopic (exact) mass is 391 g/mol. The third-order valence-corrected chi connectivity index (χ3v) is 5.72. The molecule has 0 fully saturated rings. The fourth-order valence-corrected chi connectivity index (χ4v) is 3.86. The number of methoxy groups -OCH3 is 2. The molecule has 1 heterocycles. The molecular weight excluding hydrogens is 362 g/mol. The number of benzene rings is 1. The summed E-state index contributed by atoms with van der Waals surface area (Å²) in [7, 11) is 3.15. The Morgan fingerprint density at radius 3 is 2.66 bits per heavy atom. The Hall–Kier alpha value is -2.88. The maximum absolute atomic E-state index is 11.8. The van der Waals surface area contributed by atoms with Crippen molar-refractivity contribution < 1.29 is 14.3 Å². The zero-order chi connectivity index (χ0) is 21.0. The van der Waals surface area contributed by atoms with Gasteiger partial charge in [-0.3, -0.25) is 4.98 Å². The Morgan fingerprint density at radius 1 is 1.17 bits per heavy atom. The van der Waals surface area contributed by atoms with E-state index >= 15 is 0 Å². The third kappa shape index (κ3) is 4.58. The number of esters is 1. The lowest BCUT2D eigenvalue weighted by Crippen LogP contribution is -2.30. The summed E-state index contributed by atoms with van der Waals surface area (Å²) in [4.78, 5) is 16.0. The van der Waals surface area contributed by atoms with Gasteiger partial charge in [0.2, 0.25) is 0 Å². The zero-order valence-corrected chi connectivity index (χ0v) is 17.9. The molecular formula is C25H29NO3. The quantitative estimate of drug-likeness (QED) is 0.728. The predicted octanol–water partition coefficient (Wildman–Crippen LogP) is 3.76. The van der Waals surface area contributed by atoms with Gasteiger partial charge < -0.3 is 9.47 Å². The minimum atomic E-state index is -0.363. The summed E-state index contributed by atoms with van der Waals surface area (Å²) in [6.45, 7) is 6.57. The first-order valence-electron chi connectivity index (χ1n) is 10.1. The largest absolute Gasteiger partial charge is 0.501 e. The van der Waals surface area contributed by atoms with E-state index in [1.807, 2.05) is 6.07 Å². The molecule has 0 aliphatic heterocycles. The number of fused-ring (bicyclic) bond motifs is 1. The molecule has 1 aromatic carbocycles. The maximum atomic E-state index is 11.8. The van der Waals surface area contributed by atoms with E-state index in [0.29, 0.717) is 17.9 Å². The van der Waals surface area contributed by atoms with E-state index in [0.717, 1.165) is 24.2 Å². The standard InChI is InChI=1S/C25H29NO3/c1-6-20-13-24(28-4)17(3)16(2)9-21-11-18(7-8-23(20)21)10-19-12-22(15-26-14-19)25(27)29-5/h7-9,11-12,14-16H,6,10,13H2,1-5H3. The topological polar surface area (TPSA) is 48.4 Å². The Bertz CT molecular complexity index is 1070. The lowest BCUT2D eigenvalue weighted by molar-refractivity contribution is 0.0600. The highest BCUT2D eigenvalue weighted by atomic mass is 16.5. The molecule has 4 nitrogen and oxygen atoms in total. The predicted molar refractivity (Wildman–Crippen MR) is 116 cm³/mol. The average molecular weight is 392 g/mol. The van der Waals surface area contributed by atoms with Crippen molar-refractivity contribution >= 4 is 17.6 Å². The van der Waals surface area contributed by atoms with Crippen molar-refractivity contribution in [1.29, 1.82) is 0 Å². The molecule has 1 aliphatic carbocycles. The lowest BCUT2D eigenvalue weighted by atomic mass is 9.91. The highest BCUT2D eigenvalue weighted by Gasteiger charge is 2.14. The molecule has 4 heteroatoms. The van der Waals surface area contributed by atoms with Crippen molar-refractivity contribution in [3.05, 3.63) is 75.1 Å². The number of hydrogen-bond donors (Lipinski definition) is 0. The smallest absolute Gasteiger partial charge is 0.339 e. The first-order chi connectivity index (χ1) is 14.0. The van der Waals surface area contributed by atoms with Crippen molar-refractivity contribution in [3.63, 3.8) is 0 Å². The van der Waals surface area contributed by atoms with Crippen LogP contribution < -0.4 is 10.4 Å². The maximum Gasteiger partial charge on any atom is 0.339 e. The molecule has 0 radical (unpaired) electrons. The summed E-state index contributed by atoms with van der Waals surface area (Å²) in [6.07, 6.45) is 8.22. The Morgan fingerprint density at radius 2 is 1.97 bits per heavy atom. The van der Waals surface area contributed by atoms with Gasteiger partial charge in [0, 0.05) is 18.8 Å². The van der Waals surface area contributed by atoms with Gasteiger partial charge in [0.05, 0.1) is 25.5 Å². The molecule has 1 unspecified atom stereocenters. The molecule has 1 aromatic heterocycles. The first-order valence-corrected chi connectivity index (χ1v) is 10.1. The molecule has 0 saturated heterocycles. The molecule has 3 rings (SSSR count). The van der Waals surface area contributed by atoms with Crippen LogP contribution in [0.5, 0.6) is 0 Å². The second-order valence-corrected chi connectivity index (χ2v) is 7.57. The van der Waals surface area contributed by atoms with Crippen molar-refractivity contribution in [2.75, 3.05) is 14.2 Å². The highest BCUT2D eigenvalue weighted by molar-refractivity contribution is 5.89. The van der Waals surface area contributed by atoms with Crippen LogP contribution in [-0.4, -0.2) is 25.2 Å². The molecule has 0 spiro atoms. The van der Waals surface area contributed by atoms with Gasteiger partial charge in [0.25, 0.3) is 0 Å². The van der Waals surface area contributed by atoms with Gasteiger partial charge in [-0.25, -0.2) is 4.79 Å². The Balaban J connectivity index is 2.04. The summed E-state index contributed by atoms with van der Waals surface area (Å²) in [6, 6.07) is 8.50. The van der Waals surface area contributed by atoms with Crippen LogP contribution in [0.25, 0.3) is 11.6 Å². The van der Waals surface area contributed by atoms with Gasteiger partial charge in [-0.05, 0) is 58.9 Å². The van der Waals surface area contributed by atoms with Crippen LogP contribution in [0, 0.1) is 5.92 Å². The SMILES string of the molecule is CCC1=c2ccc(Cc3cncc(C(=O)OC)c3)cc2=CC(C)C(C)=C(OC)C1. The zero-order valence-electron chi connectivity index (χ0n) is 17.9. The number of carbonyl (C=O) groups excluding carboxylic acids is 1. The van der Waals surface area contributed by atoms with E-state index in [-0.39, 0.29) is 5.97 Å². The molecule has 29 heavy (non-hydrogen) atoms. The number of rotatable bonds is 5. The summed E-state index contributed by atoms with van der Waals surface area (Å²) in [5.41, 5.74) is 5.33. The number of aromatic nitrogens is 1. The van der Waals surface area contributed by atoms with Crippen molar-refractivity contribution in [2.24, 2.45) is 5.92 Å². The highest BCUT2D eigenvalue weighted by Crippen LogP contribution is 2.24. The summed E-state index contributed by atoms with van der Waals surface area (Å²) in [5, 5.41) is 2.56. The summed E-state index contributed by atoms with van der Waals surface area (Å²) >= 11 is 0. The minimum absolute atomic E-state index is 0.307. The number of carbonyl (C=O) groups is 1. The molecule has 2 aromatic rings. The summed E-state index contributed by atoms with van der Waals surface area (Å²) < 4.78 is 10.5. The third-order valence-electron chi connectivity index (χ3n) is 5.72. The van der Waals surface area contributed by atoms with E-state index in [4.69, 9.17) is 9.47 Å². The second kappa shape index (κ2) is 9.08. The normalized spacial score (nSPS) is 16.4. The number of pyridine rings is 1. The van der Waals surface area contributed by atoms with Gasteiger partial charge in [-0.15, -0.1) is 0 Å². The van der Waals surface area contributed by atoms with E-state index < -0.39 is 0 Å². The van der Waals surface area contributed by atoms with Gasteiger partial charge in [0.1, 0.15) is 0 Å². The van der Waals surface area contributed by atoms with Crippen LogP contribution in [0.1, 0.15) is 55.1 Å². The van der Waals surface area contributed by atoms with E-state index in [1.165, 1.54) is 40.5 Å². The molecule has 1 aliphatic rings. The van der Waals surface area contributed by atoms with Crippen molar-refractivity contribution in [2.45, 2.75) is 40.0 Å². The van der Waals surface area contributed by atoms with Crippen LogP contribution >= 0.6 is 0 Å². The molecule has 0 bridgehead atoms. The number of allylic oxidation sites excluding steroid dienone is 2. The van der Waals surface area contributed by atoms with Crippen molar-refractivity contribution in [1.82, 2.24) is 4.98 Å². The van der Waals surface area contributed by atoms with Crippen LogP contribution in [-0.2, 0) is 15.9 Å². The first kappa shape index (κ1) is 20.8. The van der Waals surface area contributed by atoms with Gasteiger partial charge >= 0.3 is 5.97 Å². The van der Waals surface area contributed by atoms with Crippen LogP contribution in [0.2, 0.25) is 0 Å². The fourth-order valence-electron chi connectivity index (χ4n) is 3.86. The van der Waals surface area contributed by atoms with Crippen LogP contribution in [0.15, 0.2) is 48.0 Å².